The minimum absolute atomic E-state index is 0.0862. The summed E-state index contributed by atoms with van der Waals surface area (Å²) < 4.78 is 0. The van der Waals surface area contributed by atoms with Gasteiger partial charge in [-0.3, -0.25) is 9.59 Å². The summed E-state index contributed by atoms with van der Waals surface area (Å²) in [5.41, 5.74) is 2.34. The Bertz CT molecular complexity index is 696. The van der Waals surface area contributed by atoms with Gasteiger partial charge in [0, 0.05) is 0 Å². The first-order valence-electron chi connectivity index (χ1n) is 7.50. The van der Waals surface area contributed by atoms with Crippen molar-refractivity contribution in [2.24, 2.45) is 0 Å². The van der Waals surface area contributed by atoms with Gasteiger partial charge >= 0.3 is 11.8 Å². The zero-order chi connectivity index (χ0) is 16.8. The van der Waals surface area contributed by atoms with E-state index in [1.54, 1.807) is 12.1 Å². The summed E-state index contributed by atoms with van der Waals surface area (Å²) in [7, 11) is 0. The van der Waals surface area contributed by atoms with E-state index in [9.17, 15) is 14.7 Å². The first-order chi connectivity index (χ1) is 11.0. The molecule has 0 aliphatic heterocycles. The van der Waals surface area contributed by atoms with E-state index in [1.807, 2.05) is 31.2 Å². The SMILES string of the molecule is CCc1ccc(C(C)NC(=O)C(=O)Nc2ccccc2O)cc1. The molecule has 0 aliphatic rings. The van der Waals surface area contributed by atoms with Crippen LogP contribution in [-0.4, -0.2) is 16.9 Å². The fraction of sp³-hybridized carbons (Fsp3) is 0.222. The Morgan fingerprint density at radius 1 is 1.04 bits per heavy atom. The highest BCUT2D eigenvalue weighted by Crippen LogP contribution is 2.21. The lowest BCUT2D eigenvalue weighted by Gasteiger charge is -2.15. The Morgan fingerprint density at radius 3 is 2.30 bits per heavy atom. The molecule has 1 atom stereocenters. The molecule has 2 rings (SSSR count). The number of nitrogens with one attached hydrogen (secondary N) is 2. The summed E-state index contributed by atoms with van der Waals surface area (Å²) in [6.07, 6.45) is 0.948. The molecule has 5 heteroatoms. The number of benzene rings is 2. The molecule has 23 heavy (non-hydrogen) atoms. The van der Waals surface area contributed by atoms with Crippen LogP contribution in [0.15, 0.2) is 48.5 Å². The minimum atomic E-state index is -0.816. The Hall–Kier alpha value is -2.82. The van der Waals surface area contributed by atoms with Gasteiger partial charge in [-0.1, -0.05) is 43.3 Å². The van der Waals surface area contributed by atoms with Crippen LogP contribution >= 0.6 is 0 Å². The van der Waals surface area contributed by atoms with E-state index in [0.717, 1.165) is 12.0 Å². The van der Waals surface area contributed by atoms with Crippen LogP contribution in [0.1, 0.15) is 31.0 Å². The number of phenols is 1. The van der Waals surface area contributed by atoms with Gasteiger partial charge < -0.3 is 15.7 Å². The van der Waals surface area contributed by atoms with Crippen LogP contribution in [0.5, 0.6) is 5.75 Å². The summed E-state index contributed by atoms with van der Waals surface area (Å²) in [5, 5.41) is 14.6. The normalized spacial score (nSPS) is 11.6. The van der Waals surface area contributed by atoms with E-state index in [1.165, 1.54) is 17.7 Å². The van der Waals surface area contributed by atoms with Crippen LogP contribution < -0.4 is 10.6 Å². The molecule has 0 aromatic heterocycles. The van der Waals surface area contributed by atoms with E-state index < -0.39 is 11.8 Å². The highest BCUT2D eigenvalue weighted by molar-refractivity contribution is 6.39. The van der Waals surface area contributed by atoms with Crippen LogP contribution in [0.25, 0.3) is 0 Å². The smallest absolute Gasteiger partial charge is 0.313 e. The van der Waals surface area contributed by atoms with Gasteiger partial charge in [0.05, 0.1) is 11.7 Å². The lowest BCUT2D eigenvalue weighted by Crippen LogP contribution is -2.36. The van der Waals surface area contributed by atoms with Crippen LogP contribution in [0.4, 0.5) is 5.69 Å². The Balaban J connectivity index is 1.97. The van der Waals surface area contributed by atoms with Gasteiger partial charge in [-0.15, -0.1) is 0 Å². The molecule has 5 nitrogen and oxygen atoms in total. The van der Waals surface area contributed by atoms with Crippen LogP contribution in [0, 0.1) is 0 Å². The number of hydrogen-bond acceptors (Lipinski definition) is 3. The maximum absolute atomic E-state index is 12.0. The van der Waals surface area contributed by atoms with Gasteiger partial charge in [-0.2, -0.15) is 0 Å². The highest BCUT2D eigenvalue weighted by Gasteiger charge is 2.18. The molecule has 0 radical (unpaired) electrons. The zero-order valence-electron chi connectivity index (χ0n) is 13.2. The number of aromatic hydroxyl groups is 1. The Morgan fingerprint density at radius 2 is 1.70 bits per heavy atom. The second-order valence-electron chi connectivity index (χ2n) is 5.26. The molecule has 120 valence electrons. The Labute approximate surface area is 135 Å². The molecule has 0 aliphatic carbocycles. The maximum Gasteiger partial charge on any atom is 0.313 e. The number of hydrogen-bond donors (Lipinski definition) is 3. The average molecular weight is 312 g/mol. The fourth-order valence-electron chi connectivity index (χ4n) is 2.15. The van der Waals surface area contributed by atoms with Crippen molar-refractivity contribution in [3.05, 3.63) is 59.7 Å². The molecule has 0 saturated carbocycles. The van der Waals surface area contributed by atoms with Gasteiger partial charge in [0.2, 0.25) is 0 Å². The van der Waals surface area contributed by atoms with Crippen LogP contribution in [0.2, 0.25) is 0 Å². The number of phenolic OH excluding ortho intramolecular Hbond substituents is 1. The van der Waals surface area contributed by atoms with E-state index in [2.05, 4.69) is 17.6 Å². The number of amides is 2. The Kier molecular flexibility index (Phi) is 5.36. The second-order valence-corrected chi connectivity index (χ2v) is 5.26. The predicted octanol–water partition coefficient (Wildman–Crippen LogP) is 2.77. The van der Waals surface area contributed by atoms with Gasteiger partial charge in [0.25, 0.3) is 0 Å². The molecule has 0 bridgehead atoms. The molecule has 0 fully saturated rings. The molecule has 1 unspecified atom stereocenters. The van der Waals surface area contributed by atoms with E-state index >= 15 is 0 Å². The number of para-hydroxylation sites is 2. The van der Waals surface area contributed by atoms with Gasteiger partial charge in [0.15, 0.2) is 0 Å². The number of aryl methyl sites for hydroxylation is 1. The van der Waals surface area contributed by atoms with Crippen molar-refractivity contribution in [1.29, 1.82) is 0 Å². The summed E-state index contributed by atoms with van der Waals surface area (Å²) >= 11 is 0. The van der Waals surface area contributed by atoms with Gasteiger partial charge in [-0.25, -0.2) is 0 Å². The van der Waals surface area contributed by atoms with E-state index in [0.29, 0.717) is 0 Å². The minimum Gasteiger partial charge on any atom is -0.506 e. The van der Waals surface area contributed by atoms with E-state index in [-0.39, 0.29) is 17.5 Å². The third-order valence-corrected chi connectivity index (χ3v) is 3.59. The topological polar surface area (TPSA) is 78.4 Å². The molecular weight excluding hydrogens is 292 g/mol. The summed E-state index contributed by atoms with van der Waals surface area (Å²) in [6.45, 7) is 3.88. The summed E-state index contributed by atoms with van der Waals surface area (Å²) in [4.78, 5) is 23.9. The second kappa shape index (κ2) is 7.45. The number of carbonyl (C=O) groups excluding carboxylic acids is 2. The van der Waals surface area contributed by atoms with Crippen molar-refractivity contribution in [2.45, 2.75) is 26.3 Å². The van der Waals surface area contributed by atoms with Crippen LogP contribution in [0.3, 0.4) is 0 Å². The van der Waals surface area contributed by atoms with Crippen molar-refractivity contribution in [3.63, 3.8) is 0 Å². The predicted molar refractivity (Wildman–Crippen MR) is 89.1 cm³/mol. The van der Waals surface area contributed by atoms with Gasteiger partial charge in [-0.05, 0) is 36.6 Å². The fourth-order valence-corrected chi connectivity index (χ4v) is 2.15. The zero-order valence-corrected chi connectivity index (χ0v) is 13.2. The molecule has 2 amide bonds. The summed E-state index contributed by atoms with van der Waals surface area (Å²) in [6, 6.07) is 13.8. The molecular formula is C18H20N2O3. The van der Waals surface area contributed by atoms with Crippen molar-refractivity contribution < 1.29 is 14.7 Å². The largest absolute Gasteiger partial charge is 0.506 e. The van der Waals surface area contributed by atoms with Crippen LogP contribution in [-0.2, 0) is 16.0 Å². The standard InChI is InChI=1S/C18H20N2O3/c1-3-13-8-10-14(11-9-13)12(2)19-17(22)18(23)20-15-6-4-5-7-16(15)21/h4-12,21H,3H2,1-2H3,(H,19,22)(H,20,23). The third-order valence-electron chi connectivity index (χ3n) is 3.59. The first-order valence-corrected chi connectivity index (χ1v) is 7.50. The highest BCUT2D eigenvalue weighted by atomic mass is 16.3. The number of rotatable bonds is 4. The number of anilines is 1. The van der Waals surface area contributed by atoms with Crippen molar-refractivity contribution in [2.75, 3.05) is 5.32 Å². The van der Waals surface area contributed by atoms with Gasteiger partial charge in [0.1, 0.15) is 5.75 Å². The lowest BCUT2D eigenvalue weighted by atomic mass is 10.1. The molecule has 0 spiro atoms. The van der Waals surface area contributed by atoms with Crippen molar-refractivity contribution in [3.8, 4) is 5.75 Å². The first kappa shape index (κ1) is 16.5. The van der Waals surface area contributed by atoms with Crippen molar-refractivity contribution >= 4 is 17.5 Å². The number of carbonyl (C=O) groups is 2. The van der Waals surface area contributed by atoms with E-state index in [4.69, 9.17) is 0 Å². The maximum atomic E-state index is 12.0. The molecule has 0 heterocycles. The monoisotopic (exact) mass is 312 g/mol. The quantitative estimate of drug-likeness (QED) is 0.600. The molecule has 0 saturated heterocycles. The molecule has 3 N–H and O–H groups in total. The average Bonchev–Trinajstić information content (AvgIpc) is 2.56. The summed E-state index contributed by atoms with van der Waals surface area (Å²) in [5.74, 6) is -1.65. The van der Waals surface area contributed by atoms with Crippen molar-refractivity contribution in [1.82, 2.24) is 5.32 Å². The third kappa shape index (κ3) is 4.32. The molecule has 2 aromatic carbocycles. The molecule has 2 aromatic rings. The lowest BCUT2D eigenvalue weighted by molar-refractivity contribution is -0.136.